The molecule has 2 aromatic rings. The van der Waals surface area contributed by atoms with Gasteiger partial charge in [-0.15, -0.1) is 0 Å². The molecule has 31 heavy (non-hydrogen) atoms. The number of halogens is 2. The van der Waals surface area contributed by atoms with E-state index >= 15 is 0 Å². The predicted octanol–water partition coefficient (Wildman–Crippen LogP) is 3.39. The Hall–Kier alpha value is -3.07. The SMILES string of the molecule is CCOc1c([C@@H]2[C@@H](C(=O)Nc3ccnc(C(N)=O)c3)OC(C)(C)[C@H]2C)ccc(F)c1F. The summed E-state index contributed by atoms with van der Waals surface area (Å²) in [6, 6.07) is 5.30. The topological polar surface area (TPSA) is 104 Å². The van der Waals surface area contributed by atoms with Gasteiger partial charge in [0.1, 0.15) is 11.8 Å². The standard InChI is InChI=1S/C22H25F2N3O4/c1-5-30-18-13(6-7-14(23)17(18)24)16-11(2)22(3,4)31-19(16)21(29)27-12-8-9-26-15(10-12)20(25)28/h6-11,16,19H,5H2,1-4H3,(H2,25,28)(H,26,27,29)/t11-,16+,19-/m0/s1. The second-order valence-electron chi connectivity index (χ2n) is 7.95. The van der Waals surface area contributed by atoms with Gasteiger partial charge in [-0.25, -0.2) is 4.39 Å². The number of ether oxygens (including phenoxy) is 2. The lowest BCUT2D eigenvalue weighted by molar-refractivity contribution is -0.131. The average Bonchev–Trinajstić information content (AvgIpc) is 2.96. The molecule has 0 bridgehead atoms. The first kappa shape index (κ1) is 22.6. The van der Waals surface area contributed by atoms with Gasteiger partial charge in [0.15, 0.2) is 11.6 Å². The minimum atomic E-state index is -1.10. The third-order valence-electron chi connectivity index (χ3n) is 5.66. The molecule has 1 aromatic heterocycles. The van der Waals surface area contributed by atoms with E-state index in [1.807, 2.05) is 20.8 Å². The molecule has 0 spiro atoms. The van der Waals surface area contributed by atoms with Gasteiger partial charge in [0.05, 0.1) is 12.2 Å². The fourth-order valence-electron chi connectivity index (χ4n) is 3.81. The molecule has 3 N–H and O–H groups in total. The summed E-state index contributed by atoms with van der Waals surface area (Å²) in [7, 11) is 0. The van der Waals surface area contributed by atoms with E-state index in [1.165, 1.54) is 24.4 Å². The molecule has 1 saturated heterocycles. The summed E-state index contributed by atoms with van der Waals surface area (Å²) in [5.74, 6) is -4.43. The molecular formula is C22H25F2N3O4. The first-order valence-electron chi connectivity index (χ1n) is 9.92. The van der Waals surface area contributed by atoms with Gasteiger partial charge >= 0.3 is 0 Å². The third kappa shape index (κ3) is 4.36. The van der Waals surface area contributed by atoms with Crippen LogP contribution < -0.4 is 15.8 Å². The normalized spacial score (nSPS) is 22.2. The Morgan fingerprint density at radius 3 is 2.65 bits per heavy atom. The van der Waals surface area contributed by atoms with E-state index in [1.54, 1.807) is 6.92 Å². The molecule has 2 heterocycles. The number of hydrogen-bond acceptors (Lipinski definition) is 5. The van der Waals surface area contributed by atoms with Crippen molar-refractivity contribution in [3.63, 3.8) is 0 Å². The van der Waals surface area contributed by atoms with Crippen molar-refractivity contribution >= 4 is 17.5 Å². The number of hydrogen-bond donors (Lipinski definition) is 2. The van der Waals surface area contributed by atoms with E-state index in [2.05, 4.69) is 10.3 Å². The van der Waals surface area contributed by atoms with E-state index in [4.69, 9.17) is 15.2 Å². The van der Waals surface area contributed by atoms with Crippen LogP contribution in [-0.2, 0) is 9.53 Å². The van der Waals surface area contributed by atoms with Gasteiger partial charge in [0.25, 0.3) is 11.8 Å². The van der Waals surface area contributed by atoms with Crippen LogP contribution in [0.5, 0.6) is 5.75 Å². The summed E-state index contributed by atoms with van der Waals surface area (Å²) in [6.07, 6.45) is 0.330. The smallest absolute Gasteiger partial charge is 0.267 e. The van der Waals surface area contributed by atoms with Crippen LogP contribution in [0, 0.1) is 17.6 Å². The Bertz CT molecular complexity index is 1010. The van der Waals surface area contributed by atoms with E-state index in [0.717, 1.165) is 6.07 Å². The number of nitrogens with zero attached hydrogens (tertiary/aromatic N) is 1. The van der Waals surface area contributed by atoms with Gasteiger partial charge in [-0.2, -0.15) is 4.39 Å². The lowest BCUT2D eigenvalue weighted by atomic mass is 9.78. The van der Waals surface area contributed by atoms with Gasteiger partial charge in [0.2, 0.25) is 5.82 Å². The second-order valence-corrected chi connectivity index (χ2v) is 7.95. The number of aromatic nitrogens is 1. The Balaban J connectivity index is 1.99. The number of amides is 2. The van der Waals surface area contributed by atoms with Gasteiger partial charge in [0, 0.05) is 23.4 Å². The molecule has 0 radical (unpaired) electrons. The molecule has 2 amide bonds. The fraction of sp³-hybridized carbons (Fsp3) is 0.409. The molecule has 0 unspecified atom stereocenters. The molecule has 1 fully saturated rings. The van der Waals surface area contributed by atoms with Crippen LogP contribution in [0.2, 0.25) is 0 Å². The van der Waals surface area contributed by atoms with Crippen molar-refractivity contribution < 1.29 is 27.8 Å². The minimum absolute atomic E-state index is 0.00498. The van der Waals surface area contributed by atoms with Crippen molar-refractivity contribution in [2.45, 2.75) is 45.3 Å². The third-order valence-corrected chi connectivity index (χ3v) is 5.66. The van der Waals surface area contributed by atoms with Crippen LogP contribution in [0.25, 0.3) is 0 Å². The van der Waals surface area contributed by atoms with Crippen LogP contribution in [0.15, 0.2) is 30.5 Å². The van der Waals surface area contributed by atoms with E-state index in [0.29, 0.717) is 11.3 Å². The maximum Gasteiger partial charge on any atom is 0.267 e. The summed E-state index contributed by atoms with van der Waals surface area (Å²) in [6.45, 7) is 7.33. The predicted molar refractivity (Wildman–Crippen MR) is 110 cm³/mol. The van der Waals surface area contributed by atoms with Crippen molar-refractivity contribution in [1.29, 1.82) is 0 Å². The fourth-order valence-corrected chi connectivity index (χ4v) is 3.81. The molecule has 1 aliphatic rings. The number of carbonyl (C=O) groups excluding carboxylic acids is 2. The molecular weight excluding hydrogens is 408 g/mol. The highest BCUT2D eigenvalue weighted by Crippen LogP contribution is 2.49. The number of nitrogens with two attached hydrogens (primary N) is 1. The van der Waals surface area contributed by atoms with Gasteiger partial charge in [-0.1, -0.05) is 13.0 Å². The van der Waals surface area contributed by atoms with E-state index < -0.39 is 41.1 Å². The van der Waals surface area contributed by atoms with E-state index in [9.17, 15) is 18.4 Å². The van der Waals surface area contributed by atoms with Crippen LogP contribution >= 0.6 is 0 Å². The lowest BCUT2D eigenvalue weighted by Gasteiger charge is -2.26. The molecule has 166 valence electrons. The molecule has 1 aliphatic heterocycles. The highest BCUT2D eigenvalue weighted by atomic mass is 19.2. The van der Waals surface area contributed by atoms with Crippen LogP contribution in [0.3, 0.4) is 0 Å². The van der Waals surface area contributed by atoms with Crippen molar-refractivity contribution in [2.75, 3.05) is 11.9 Å². The molecule has 7 nitrogen and oxygen atoms in total. The molecule has 0 aliphatic carbocycles. The Kier molecular flexibility index (Phi) is 6.26. The van der Waals surface area contributed by atoms with Crippen LogP contribution in [0.4, 0.5) is 14.5 Å². The lowest BCUT2D eigenvalue weighted by Crippen LogP contribution is -2.33. The summed E-state index contributed by atoms with van der Waals surface area (Å²) in [5, 5.41) is 2.69. The largest absolute Gasteiger partial charge is 0.490 e. The zero-order chi connectivity index (χ0) is 22.9. The summed E-state index contributed by atoms with van der Waals surface area (Å²) in [5.41, 5.74) is 5.17. The van der Waals surface area contributed by atoms with Crippen molar-refractivity contribution in [3.8, 4) is 5.75 Å². The number of nitrogens with one attached hydrogen (secondary N) is 1. The number of rotatable bonds is 6. The maximum absolute atomic E-state index is 14.5. The molecule has 3 atom stereocenters. The summed E-state index contributed by atoms with van der Waals surface area (Å²) in [4.78, 5) is 28.4. The highest BCUT2D eigenvalue weighted by molar-refractivity contribution is 5.97. The number of carbonyl (C=O) groups is 2. The van der Waals surface area contributed by atoms with Crippen LogP contribution in [-0.4, -0.2) is 35.1 Å². The number of benzene rings is 1. The Labute approximate surface area is 178 Å². The monoisotopic (exact) mass is 433 g/mol. The van der Waals surface area contributed by atoms with E-state index in [-0.39, 0.29) is 24.0 Å². The molecule has 3 rings (SSSR count). The second kappa shape index (κ2) is 8.58. The summed E-state index contributed by atoms with van der Waals surface area (Å²) >= 11 is 0. The van der Waals surface area contributed by atoms with Gasteiger partial charge in [-0.05, 0) is 44.9 Å². The van der Waals surface area contributed by atoms with Crippen molar-refractivity contribution in [2.24, 2.45) is 11.7 Å². The average molecular weight is 433 g/mol. The highest BCUT2D eigenvalue weighted by Gasteiger charge is 2.51. The van der Waals surface area contributed by atoms with Crippen molar-refractivity contribution in [3.05, 3.63) is 53.4 Å². The minimum Gasteiger partial charge on any atom is -0.490 e. The van der Waals surface area contributed by atoms with Gasteiger partial charge < -0.3 is 20.5 Å². The Morgan fingerprint density at radius 2 is 2.00 bits per heavy atom. The van der Waals surface area contributed by atoms with Crippen molar-refractivity contribution in [1.82, 2.24) is 4.98 Å². The molecule has 9 heteroatoms. The number of primary amides is 1. The molecule has 0 saturated carbocycles. The Morgan fingerprint density at radius 1 is 1.29 bits per heavy atom. The quantitative estimate of drug-likeness (QED) is 0.727. The first-order valence-corrected chi connectivity index (χ1v) is 9.92. The summed E-state index contributed by atoms with van der Waals surface area (Å²) < 4.78 is 39.8. The zero-order valence-electron chi connectivity index (χ0n) is 17.7. The zero-order valence-corrected chi connectivity index (χ0v) is 17.7. The molecule has 1 aromatic carbocycles. The number of pyridine rings is 1. The number of anilines is 1. The first-order chi connectivity index (χ1) is 14.6. The maximum atomic E-state index is 14.5. The van der Waals surface area contributed by atoms with Gasteiger partial charge in [-0.3, -0.25) is 14.6 Å². The van der Waals surface area contributed by atoms with Crippen LogP contribution in [0.1, 0.15) is 49.7 Å².